The summed E-state index contributed by atoms with van der Waals surface area (Å²) in [5.41, 5.74) is 6.32. The first-order chi connectivity index (χ1) is 7.15. The zero-order valence-electron chi connectivity index (χ0n) is 7.97. The molecule has 0 unspecified atom stereocenters. The summed E-state index contributed by atoms with van der Waals surface area (Å²) in [4.78, 5) is 10.4. The van der Waals surface area contributed by atoms with Crippen LogP contribution in [0.5, 0.6) is 11.5 Å². The maximum Gasteiger partial charge on any atom is 0.303 e. The Hall–Kier alpha value is -1.75. The number of benzene rings is 1. The van der Waals surface area contributed by atoms with Crippen molar-refractivity contribution in [2.24, 2.45) is 5.73 Å². The molecule has 1 aliphatic rings. The molecule has 80 valence electrons. The largest absolute Gasteiger partial charge is 0.481 e. The fourth-order valence-corrected chi connectivity index (χ4v) is 1.42. The summed E-state index contributed by atoms with van der Waals surface area (Å²) in [6.07, 6.45) is -0.179. The second-order valence-electron chi connectivity index (χ2n) is 3.28. The number of carbonyl (C=O) groups is 1. The standard InChI is InChI=1S/C10H11NO4/c11-10-14-7-3-1-6(2-4-9(12)13)5-8(7)15-10/h1,3,5,10H,2,4,11H2,(H,12,13)/t10-/m1/s1. The molecule has 0 fully saturated rings. The van der Waals surface area contributed by atoms with Gasteiger partial charge < -0.3 is 14.6 Å². The molecule has 1 aromatic rings. The lowest BCUT2D eigenvalue weighted by atomic mass is 10.1. The molecule has 0 aromatic heterocycles. The minimum atomic E-state index is -0.815. The van der Waals surface area contributed by atoms with Crippen LogP contribution < -0.4 is 15.2 Å². The van der Waals surface area contributed by atoms with E-state index in [9.17, 15) is 4.79 Å². The van der Waals surface area contributed by atoms with Gasteiger partial charge in [0.05, 0.1) is 0 Å². The fourth-order valence-electron chi connectivity index (χ4n) is 1.42. The monoisotopic (exact) mass is 209 g/mol. The number of nitrogens with two attached hydrogens (primary N) is 1. The van der Waals surface area contributed by atoms with Crippen LogP contribution in [0.2, 0.25) is 0 Å². The lowest BCUT2D eigenvalue weighted by Crippen LogP contribution is -2.28. The van der Waals surface area contributed by atoms with Crippen molar-refractivity contribution in [3.05, 3.63) is 23.8 Å². The van der Waals surface area contributed by atoms with E-state index < -0.39 is 12.4 Å². The Morgan fingerprint density at radius 2 is 2.13 bits per heavy atom. The quantitative estimate of drug-likeness (QED) is 0.766. The highest BCUT2D eigenvalue weighted by Crippen LogP contribution is 2.34. The summed E-state index contributed by atoms with van der Waals surface area (Å²) < 4.78 is 10.3. The van der Waals surface area contributed by atoms with E-state index in [4.69, 9.17) is 20.3 Å². The van der Waals surface area contributed by atoms with E-state index in [0.717, 1.165) is 5.56 Å². The number of carboxylic acids is 1. The SMILES string of the molecule is N[C@@H]1Oc2ccc(CCC(=O)O)cc2O1. The van der Waals surface area contributed by atoms with Crippen molar-refractivity contribution in [2.75, 3.05) is 0 Å². The van der Waals surface area contributed by atoms with E-state index in [-0.39, 0.29) is 6.42 Å². The predicted octanol–water partition coefficient (Wildman–Crippen LogP) is 0.717. The second kappa shape index (κ2) is 3.78. The van der Waals surface area contributed by atoms with Crippen LogP contribution in [-0.4, -0.2) is 17.5 Å². The minimum Gasteiger partial charge on any atom is -0.481 e. The third-order valence-corrected chi connectivity index (χ3v) is 2.12. The van der Waals surface area contributed by atoms with Crippen molar-refractivity contribution in [2.45, 2.75) is 19.3 Å². The van der Waals surface area contributed by atoms with Gasteiger partial charge in [-0.3, -0.25) is 10.5 Å². The van der Waals surface area contributed by atoms with Crippen LogP contribution in [0.1, 0.15) is 12.0 Å². The Bertz CT molecular complexity index is 391. The molecular formula is C10H11NO4. The Labute approximate surface area is 86.4 Å². The van der Waals surface area contributed by atoms with Crippen LogP contribution in [0.15, 0.2) is 18.2 Å². The number of hydrogen-bond donors (Lipinski definition) is 2. The second-order valence-corrected chi connectivity index (χ2v) is 3.28. The minimum absolute atomic E-state index is 0.103. The van der Waals surface area contributed by atoms with Crippen molar-refractivity contribution in [3.63, 3.8) is 0 Å². The van der Waals surface area contributed by atoms with Crippen molar-refractivity contribution < 1.29 is 19.4 Å². The third kappa shape index (κ3) is 2.19. The average Bonchev–Trinajstić information content (AvgIpc) is 2.53. The van der Waals surface area contributed by atoms with Crippen LogP contribution in [0.4, 0.5) is 0 Å². The van der Waals surface area contributed by atoms with E-state index in [2.05, 4.69) is 0 Å². The summed E-state index contributed by atoms with van der Waals surface area (Å²) in [5.74, 6) is 0.358. The first-order valence-corrected chi connectivity index (χ1v) is 4.59. The fraction of sp³-hybridized carbons (Fsp3) is 0.300. The molecule has 3 N–H and O–H groups in total. The topological polar surface area (TPSA) is 81.8 Å². The molecule has 1 atom stereocenters. The Morgan fingerprint density at radius 1 is 1.40 bits per heavy atom. The van der Waals surface area contributed by atoms with Gasteiger partial charge in [0.2, 0.25) is 0 Å². The Balaban J connectivity index is 2.09. The molecule has 1 heterocycles. The van der Waals surface area contributed by atoms with Gasteiger partial charge in [-0.1, -0.05) is 6.07 Å². The van der Waals surface area contributed by atoms with Gasteiger partial charge in [0.1, 0.15) is 0 Å². The van der Waals surface area contributed by atoms with Gasteiger partial charge in [-0.05, 0) is 24.1 Å². The molecule has 1 aromatic carbocycles. The van der Waals surface area contributed by atoms with E-state index >= 15 is 0 Å². The summed E-state index contributed by atoms with van der Waals surface area (Å²) in [6, 6.07) is 5.30. The number of ether oxygens (including phenoxy) is 2. The Morgan fingerprint density at radius 3 is 2.87 bits per heavy atom. The summed E-state index contributed by atoms with van der Waals surface area (Å²) >= 11 is 0. The van der Waals surface area contributed by atoms with Crippen LogP contribution in [0, 0.1) is 0 Å². The molecule has 0 saturated heterocycles. The number of hydrogen-bond acceptors (Lipinski definition) is 4. The molecule has 0 amide bonds. The molecule has 2 rings (SSSR count). The van der Waals surface area contributed by atoms with Gasteiger partial charge in [-0.15, -0.1) is 0 Å². The van der Waals surface area contributed by atoms with Crippen LogP contribution in [-0.2, 0) is 11.2 Å². The maximum atomic E-state index is 10.4. The van der Waals surface area contributed by atoms with Crippen molar-refractivity contribution in [1.82, 2.24) is 0 Å². The van der Waals surface area contributed by atoms with E-state index in [0.29, 0.717) is 17.9 Å². The van der Waals surface area contributed by atoms with E-state index in [1.165, 1.54) is 0 Å². The lowest BCUT2D eigenvalue weighted by molar-refractivity contribution is -0.136. The highest BCUT2D eigenvalue weighted by molar-refractivity contribution is 5.67. The van der Waals surface area contributed by atoms with Crippen LogP contribution >= 0.6 is 0 Å². The summed E-state index contributed by atoms with van der Waals surface area (Å²) in [6.45, 7) is 0. The lowest BCUT2D eigenvalue weighted by Gasteiger charge is -2.00. The number of aryl methyl sites for hydroxylation is 1. The zero-order valence-corrected chi connectivity index (χ0v) is 7.97. The number of carboxylic acid groups (broad SMARTS) is 1. The zero-order chi connectivity index (χ0) is 10.8. The molecule has 1 aliphatic heterocycles. The Kier molecular flexibility index (Phi) is 2.47. The van der Waals surface area contributed by atoms with E-state index in [1.54, 1.807) is 12.1 Å². The molecule has 0 aliphatic carbocycles. The molecule has 0 radical (unpaired) electrons. The van der Waals surface area contributed by atoms with Crippen LogP contribution in [0.3, 0.4) is 0 Å². The van der Waals surface area contributed by atoms with Crippen LogP contribution in [0.25, 0.3) is 0 Å². The molecule has 5 heteroatoms. The molecule has 0 spiro atoms. The normalized spacial score (nSPS) is 17.8. The van der Waals surface area contributed by atoms with E-state index in [1.807, 2.05) is 6.07 Å². The van der Waals surface area contributed by atoms with Gasteiger partial charge in [0, 0.05) is 6.42 Å². The first kappa shape index (κ1) is 9.79. The predicted molar refractivity (Wildman–Crippen MR) is 51.6 cm³/mol. The number of rotatable bonds is 3. The highest BCUT2D eigenvalue weighted by atomic mass is 16.7. The smallest absolute Gasteiger partial charge is 0.303 e. The van der Waals surface area contributed by atoms with Gasteiger partial charge >= 0.3 is 5.97 Å². The highest BCUT2D eigenvalue weighted by Gasteiger charge is 2.20. The van der Waals surface area contributed by atoms with Gasteiger partial charge in [-0.2, -0.15) is 0 Å². The average molecular weight is 209 g/mol. The van der Waals surface area contributed by atoms with Gasteiger partial charge in [0.15, 0.2) is 11.5 Å². The number of fused-ring (bicyclic) bond motifs is 1. The maximum absolute atomic E-state index is 10.4. The molecule has 5 nitrogen and oxygen atoms in total. The molecular weight excluding hydrogens is 198 g/mol. The number of aliphatic carboxylic acids is 1. The van der Waals surface area contributed by atoms with Crippen molar-refractivity contribution in [1.29, 1.82) is 0 Å². The summed E-state index contributed by atoms with van der Waals surface area (Å²) in [5, 5.41) is 8.53. The van der Waals surface area contributed by atoms with Gasteiger partial charge in [0.25, 0.3) is 6.41 Å². The van der Waals surface area contributed by atoms with Gasteiger partial charge in [-0.25, -0.2) is 0 Å². The molecule has 0 bridgehead atoms. The molecule has 15 heavy (non-hydrogen) atoms. The van der Waals surface area contributed by atoms with Crippen molar-refractivity contribution in [3.8, 4) is 11.5 Å². The summed E-state index contributed by atoms with van der Waals surface area (Å²) in [7, 11) is 0. The molecule has 0 saturated carbocycles. The third-order valence-electron chi connectivity index (χ3n) is 2.12. The first-order valence-electron chi connectivity index (χ1n) is 4.59. The van der Waals surface area contributed by atoms with Crippen molar-refractivity contribution >= 4 is 5.97 Å².